The van der Waals surface area contributed by atoms with Gasteiger partial charge in [-0.3, -0.25) is 14.7 Å². The number of nitrogens with one attached hydrogen (secondary N) is 1. The van der Waals surface area contributed by atoms with E-state index in [0.717, 1.165) is 40.9 Å². The van der Waals surface area contributed by atoms with Crippen molar-refractivity contribution >= 4 is 16.9 Å². The van der Waals surface area contributed by atoms with Crippen LogP contribution in [0.25, 0.3) is 11.0 Å². The number of aromatic nitrogens is 2. The van der Waals surface area contributed by atoms with Gasteiger partial charge in [-0.15, -0.1) is 0 Å². The number of para-hydroxylation sites is 2. The maximum absolute atomic E-state index is 12.8. The molecule has 2 saturated heterocycles. The van der Waals surface area contributed by atoms with Crippen molar-refractivity contribution in [2.45, 2.75) is 84.6 Å². The average Bonchev–Trinajstić information content (AvgIpc) is 3.31. The quantitative estimate of drug-likeness (QED) is 0.222. The number of hydrogen-bond acceptors (Lipinski definition) is 7. The predicted molar refractivity (Wildman–Crippen MR) is 181 cm³/mol. The topological polar surface area (TPSA) is 96.8 Å². The SMILES string of the molecule is C[C@@H]1[C@H](CN2CC3(C)CC2CC(C)(C)C3)O[C@H](c2ccc(CNC(=O)c3cnc4ccccc4n3)cc2)O[C@@H]1c1ccc(CO)cc1. The summed E-state index contributed by atoms with van der Waals surface area (Å²) in [6.45, 7) is 11.9. The maximum Gasteiger partial charge on any atom is 0.271 e. The van der Waals surface area contributed by atoms with Crippen LogP contribution in [0, 0.1) is 16.7 Å². The van der Waals surface area contributed by atoms with Crippen molar-refractivity contribution in [3.05, 3.63) is 107 Å². The van der Waals surface area contributed by atoms with E-state index in [-0.39, 0.29) is 30.6 Å². The number of benzene rings is 3. The molecule has 246 valence electrons. The zero-order valence-electron chi connectivity index (χ0n) is 27.9. The lowest BCUT2D eigenvalue weighted by molar-refractivity contribution is -0.276. The highest BCUT2D eigenvalue weighted by atomic mass is 16.7. The standard InChI is InChI=1S/C39H46N4O4/c1-25-34(21-43-24-39(4)18-30(43)17-38(2,3)23-39)46-37(47-35(25)28-13-11-27(22-44)12-14-28)29-15-9-26(10-16-29)19-41-36(45)33-20-40-31-7-5-6-8-32(31)42-33/h5-16,20,25,30,34-35,37,44H,17-19,21-24H2,1-4H3,(H,41,45)/t25-,30?,34+,35+,37+,39?/m1/s1. The minimum atomic E-state index is -0.524. The summed E-state index contributed by atoms with van der Waals surface area (Å²) in [5, 5.41) is 12.6. The van der Waals surface area contributed by atoms with Crippen LogP contribution in [0.2, 0.25) is 0 Å². The van der Waals surface area contributed by atoms with Gasteiger partial charge in [0.15, 0.2) is 6.29 Å². The molecular formula is C39H46N4O4. The molecule has 3 aromatic carbocycles. The molecule has 3 aliphatic rings. The van der Waals surface area contributed by atoms with Gasteiger partial charge < -0.3 is 19.9 Å². The minimum absolute atomic E-state index is 0.00985. The third-order valence-electron chi connectivity index (χ3n) is 10.4. The molecule has 3 heterocycles. The summed E-state index contributed by atoms with van der Waals surface area (Å²) in [6, 6.07) is 24.3. The number of nitrogens with zero attached hydrogens (tertiary/aromatic N) is 3. The van der Waals surface area contributed by atoms with Gasteiger partial charge in [0.05, 0.1) is 36.0 Å². The number of aliphatic hydroxyl groups excluding tert-OH is 1. The largest absolute Gasteiger partial charge is 0.392 e. The molecule has 1 saturated carbocycles. The fourth-order valence-electron chi connectivity index (χ4n) is 8.48. The van der Waals surface area contributed by atoms with Crippen LogP contribution in [0.4, 0.5) is 0 Å². The van der Waals surface area contributed by atoms with Gasteiger partial charge in [0.25, 0.3) is 5.91 Å². The Morgan fingerprint density at radius 2 is 1.64 bits per heavy atom. The number of carbonyl (C=O) groups excluding carboxylic acids is 1. The van der Waals surface area contributed by atoms with Gasteiger partial charge in [-0.25, -0.2) is 4.98 Å². The van der Waals surface area contributed by atoms with Crippen molar-refractivity contribution in [2.24, 2.45) is 16.7 Å². The van der Waals surface area contributed by atoms with E-state index in [1.807, 2.05) is 60.7 Å². The molecule has 2 bridgehead atoms. The first-order valence-corrected chi connectivity index (χ1v) is 16.9. The molecule has 0 radical (unpaired) electrons. The summed E-state index contributed by atoms with van der Waals surface area (Å²) in [4.78, 5) is 24.4. The Hall–Kier alpha value is -3.69. The molecule has 3 fully saturated rings. The van der Waals surface area contributed by atoms with Crippen LogP contribution < -0.4 is 5.32 Å². The van der Waals surface area contributed by atoms with Gasteiger partial charge in [-0.05, 0) is 58.9 Å². The molecule has 2 aliphatic heterocycles. The molecule has 8 heteroatoms. The number of likely N-dealkylation sites (tertiary alicyclic amines) is 1. The van der Waals surface area contributed by atoms with Crippen molar-refractivity contribution < 1.29 is 19.4 Å². The van der Waals surface area contributed by atoms with Crippen LogP contribution >= 0.6 is 0 Å². The van der Waals surface area contributed by atoms with E-state index < -0.39 is 6.29 Å². The number of carbonyl (C=O) groups is 1. The van der Waals surface area contributed by atoms with Gasteiger partial charge in [-0.1, -0.05) is 88.4 Å². The summed E-state index contributed by atoms with van der Waals surface area (Å²) in [7, 11) is 0. The number of rotatable bonds is 8. The molecule has 1 aliphatic carbocycles. The number of fused-ring (bicyclic) bond motifs is 3. The van der Waals surface area contributed by atoms with Gasteiger partial charge in [0.2, 0.25) is 0 Å². The molecular weight excluding hydrogens is 588 g/mol. The van der Waals surface area contributed by atoms with Crippen molar-refractivity contribution in [1.82, 2.24) is 20.2 Å². The predicted octanol–water partition coefficient (Wildman–Crippen LogP) is 6.74. The normalized spacial score (nSPS) is 28.7. The molecule has 6 atom stereocenters. The highest BCUT2D eigenvalue weighted by Gasteiger charge is 2.51. The lowest BCUT2D eigenvalue weighted by Gasteiger charge is -2.43. The fraction of sp³-hybridized carbons (Fsp3) is 0.462. The van der Waals surface area contributed by atoms with Crippen LogP contribution in [0.5, 0.6) is 0 Å². The summed E-state index contributed by atoms with van der Waals surface area (Å²) < 4.78 is 13.5. The van der Waals surface area contributed by atoms with E-state index >= 15 is 0 Å². The molecule has 2 unspecified atom stereocenters. The van der Waals surface area contributed by atoms with E-state index in [2.05, 4.69) is 60.0 Å². The minimum Gasteiger partial charge on any atom is -0.392 e. The lowest BCUT2D eigenvalue weighted by Crippen LogP contribution is -2.46. The summed E-state index contributed by atoms with van der Waals surface area (Å²) in [5.41, 5.74) is 6.35. The smallest absolute Gasteiger partial charge is 0.271 e. The van der Waals surface area contributed by atoms with Crippen LogP contribution in [0.3, 0.4) is 0 Å². The van der Waals surface area contributed by atoms with E-state index in [9.17, 15) is 9.90 Å². The van der Waals surface area contributed by atoms with Crippen LogP contribution in [-0.2, 0) is 22.6 Å². The molecule has 4 aromatic rings. The van der Waals surface area contributed by atoms with Crippen LogP contribution in [-0.4, -0.2) is 51.1 Å². The molecule has 7 rings (SSSR count). The Morgan fingerprint density at radius 1 is 0.936 bits per heavy atom. The first-order valence-electron chi connectivity index (χ1n) is 16.9. The number of ether oxygens (including phenoxy) is 2. The van der Waals surface area contributed by atoms with E-state index in [1.54, 1.807) is 0 Å². The van der Waals surface area contributed by atoms with Crippen molar-refractivity contribution in [3.63, 3.8) is 0 Å². The number of amides is 1. The summed E-state index contributed by atoms with van der Waals surface area (Å²) >= 11 is 0. The Balaban J connectivity index is 1.07. The second-order valence-corrected chi connectivity index (χ2v) is 15.1. The Kier molecular flexibility index (Phi) is 8.64. The Morgan fingerprint density at radius 3 is 2.38 bits per heavy atom. The average molecular weight is 635 g/mol. The van der Waals surface area contributed by atoms with Gasteiger partial charge in [0.1, 0.15) is 5.69 Å². The second-order valence-electron chi connectivity index (χ2n) is 15.1. The van der Waals surface area contributed by atoms with Gasteiger partial charge in [-0.2, -0.15) is 0 Å². The number of aliphatic hydroxyl groups is 1. The number of hydrogen-bond donors (Lipinski definition) is 2. The van der Waals surface area contributed by atoms with E-state index in [1.165, 1.54) is 25.5 Å². The third kappa shape index (κ3) is 6.83. The maximum atomic E-state index is 12.8. The van der Waals surface area contributed by atoms with Gasteiger partial charge in [0, 0.05) is 37.2 Å². The van der Waals surface area contributed by atoms with Crippen LogP contribution in [0.1, 0.15) is 92.1 Å². The zero-order chi connectivity index (χ0) is 32.8. The third-order valence-corrected chi connectivity index (χ3v) is 10.4. The van der Waals surface area contributed by atoms with Crippen molar-refractivity contribution in [3.8, 4) is 0 Å². The molecule has 8 nitrogen and oxygen atoms in total. The molecule has 1 aromatic heterocycles. The van der Waals surface area contributed by atoms with Crippen molar-refractivity contribution in [1.29, 1.82) is 0 Å². The van der Waals surface area contributed by atoms with E-state index in [4.69, 9.17) is 9.47 Å². The molecule has 2 N–H and O–H groups in total. The molecule has 1 amide bonds. The lowest BCUT2D eigenvalue weighted by atomic mass is 9.65. The highest BCUT2D eigenvalue weighted by molar-refractivity contribution is 5.93. The second kappa shape index (κ2) is 12.7. The monoisotopic (exact) mass is 634 g/mol. The van der Waals surface area contributed by atoms with Crippen molar-refractivity contribution in [2.75, 3.05) is 13.1 Å². The fourth-order valence-corrected chi connectivity index (χ4v) is 8.48. The Bertz CT molecular complexity index is 1730. The summed E-state index contributed by atoms with van der Waals surface area (Å²) in [5.74, 6) is -0.123. The molecule has 0 spiro atoms. The van der Waals surface area contributed by atoms with E-state index in [0.29, 0.717) is 34.6 Å². The summed E-state index contributed by atoms with van der Waals surface area (Å²) in [6.07, 6.45) is 4.58. The van der Waals surface area contributed by atoms with Gasteiger partial charge >= 0.3 is 0 Å². The first-order chi connectivity index (χ1) is 22.6. The van der Waals surface area contributed by atoms with Crippen LogP contribution in [0.15, 0.2) is 79.0 Å². The highest BCUT2D eigenvalue weighted by Crippen LogP contribution is 2.53. The molecule has 47 heavy (non-hydrogen) atoms. The Labute approximate surface area is 277 Å². The zero-order valence-corrected chi connectivity index (χ0v) is 27.9. The first kappa shape index (κ1) is 31.9.